The van der Waals surface area contributed by atoms with Crippen molar-refractivity contribution < 1.29 is 19.8 Å². The lowest BCUT2D eigenvalue weighted by atomic mass is 10.5. The maximum absolute atomic E-state index is 9.55. The molecular weight excluding hydrogens is 143 g/mol. The molecule has 0 amide bonds. The van der Waals surface area contributed by atoms with Crippen molar-refractivity contribution >= 4 is 21.8 Å². The molecule has 0 aliphatic heterocycles. The predicted octanol–water partition coefficient (Wildman–Crippen LogP) is -0.498. The molecular formula is C4H8O4P+. The Balaban J connectivity index is 0. The van der Waals surface area contributed by atoms with Crippen molar-refractivity contribution in [3.05, 3.63) is 12.2 Å². The van der Waals surface area contributed by atoms with E-state index in [0.29, 0.717) is 12.2 Å². The molecule has 4 nitrogen and oxygen atoms in total. The molecule has 5 heteroatoms. The largest absolute Gasteiger partial charge is 0.478 e. The molecule has 9 heavy (non-hydrogen) atoms. The van der Waals surface area contributed by atoms with Crippen LogP contribution in [0.5, 0.6) is 0 Å². The van der Waals surface area contributed by atoms with Gasteiger partial charge in [-0.15, -0.1) is 0 Å². The Morgan fingerprint density at radius 2 is 1.22 bits per heavy atom. The minimum Gasteiger partial charge on any atom is -0.478 e. The SMILES string of the molecule is O=C(O)/C=C/C(=O)O.[PH4+]. The van der Waals surface area contributed by atoms with Crippen molar-refractivity contribution in [2.75, 3.05) is 0 Å². The highest BCUT2D eigenvalue weighted by molar-refractivity contribution is 6.92. The second-order valence-electron chi connectivity index (χ2n) is 1.01. The molecule has 0 aliphatic carbocycles. The van der Waals surface area contributed by atoms with Gasteiger partial charge in [-0.05, 0) is 9.90 Å². The molecule has 0 spiro atoms. The third-order valence-electron chi connectivity index (χ3n) is 0.368. The number of aliphatic carboxylic acids is 2. The van der Waals surface area contributed by atoms with E-state index in [0.717, 1.165) is 0 Å². The molecule has 0 saturated heterocycles. The summed E-state index contributed by atoms with van der Waals surface area (Å²) in [7, 11) is 0. The van der Waals surface area contributed by atoms with Crippen LogP contribution in [0.3, 0.4) is 0 Å². The molecule has 0 bridgehead atoms. The van der Waals surface area contributed by atoms with Crippen molar-refractivity contribution in [1.29, 1.82) is 0 Å². The van der Waals surface area contributed by atoms with Gasteiger partial charge in [-0.3, -0.25) is 0 Å². The summed E-state index contributed by atoms with van der Waals surface area (Å²) in [6, 6.07) is 0. The van der Waals surface area contributed by atoms with Crippen molar-refractivity contribution in [3.63, 3.8) is 0 Å². The summed E-state index contributed by atoms with van der Waals surface area (Å²) in [5, 5.41) is 15.6. The van der Waals surface area contributed by atoms with Crippen molar-refractivity contribution in [2.45, 2.75) is 0 Å². The highest BCUT2D eigenvalue weighted by Gasteiger charge is 1.88. The lowest BCUT2D eigenvalue weighted by molar-refractivity contribution is -0.134. The zero-order chi connectivity index (χ0) is 6.57. The summed E-state index contributed by atoms with van der Waals surface area (Å²) in [5.74, 6) is -2.51. The fraction of sp³-hybridized carbons (Fsp3) is 0. The summed E-state index contributed by atoms with van der Waals surface area (Å²) < 4.78 is 0. The monoisotopic (exact) mass is 151 g/mol. The second kappa shape index (κ2) is 5.25. The Morgan fingerprint density at radius 1 is 1.00 bits per heavy atom. The summed E-state index contributed by atoms with van der Waals surface area (Å²) >= 11 is 0. The Morgan fingerprint density at radius 3 is 1.33 bits per heavy atom. The van der Waals surface area contributed by atoms with E-state index in [1.165, 1.54) is 0 Å². The lowest BCUT2D eigenvalue weighted by Gasteiger charge is -1.74. The van der Waals surface area contributed by atoms with E-state index in [9.17, 15) is 9.59 Å². The van der Waals surface area contributed by atoms with Crippen LogP contribution < -0.4 is 0 Å². The number of rotatable bonds is 2. The number of hydrogen-bond acceptors (Lipinski definition) is 2. The van der Waals surface area contributed by atoms with E-state index in [-0.39, 0.29) is 9.90 Å². The average molecular weight is 151 g/mol. The lowest BCUT2D eigenvalue weighted by Crippen LogP contribution is -1.91. The maximum Gasteiger partial charge on any atom is 0.328 e. The minimum atomic E-state index is -1.26. The molecule has 1 atom stereocenters. The number of hydrogen-bond donors (Lipinski definition) is 2. The fourth-order valence-electron chi connectivity index (χ4n) is 0.143. The van der Waals surface area contributed by atoms with Gasteiger partial charge in [0.15, 0.2) is 0 Å². The molecule has 0 aromatic rings. The Labute approximate surface area is 54.8 Å². The van der Waals surface area contributed by atoms with Crippen LogP contribution in [0.15, 0.2) is 12.2 Å². The molecule has 52 valence electrons. The van der Waals surface area contributed by atoms with E-state index in [2.05, 4.69) is 0 Å². The first-order valence-electron chi connectivity index (χ1n) is 1.77. The third-order valence-corrected chi connectivity index (χ3v) is 0.368. The van der Waals surface area contributed by atoms with Gasteiger partial charge in [0.1, 0.15) is 0 Å². The molecule has 0 radical (unpaired) electrons. The standard InChI is InChI=1S/C4H4O4.H3P/c5-3(6)1-2-4(7)8;/h1-2H,(H,5,6)(H,7,8);1H3/p+1/b2-1+;. The summed E-state index contributed by atoms with van der Waals surface area (Å²) in [5.41, 5.74) is 0. The number of carboxylic acid groups (broad SMARTS) is 2. The van der Waals surface area contributed by atoms with E-state index in [1.54, 1.807) is 0 Å². The summed E-state index contributed by atoms with van der Waals surface area (Å²) in [6.45, 7) is 0. The van der Waals surface area contributed by atoms with E-state index < -0.39 is 11.9 Å². The van der Waals surface area contributed by atoms with Gasteiger partial charge in [-0.2, -0.15) is 0 Å². The maximum atomic E-state index is 9.55. The third kappa shape index (κ3) is 11.0. The zero-order valence-electron chi connectivity index (χ0n) is 4.87. The Hall–Kier alpha value is -0.890. The smallest absolute Gasteiger partial charge is 0.328 e. The van der Waals surface area contributed by atoms with Gasteiger partial charge in [0.25, 0.3) is 0 Å². The van der Waals surface area contributed by atoms with Gasteiger partial charge in [0, 0.05) is 12.2 Å². The first-order valence-corrected chi connectivity index (χ1v) is 1.77. The summed E-state index contributed by atoms with van der Waals surface area (Å²) in [4.78, 5) is 19.1. The first kappa shape index (κ1) is 11.0. The molecule has 0 aliphatic rings. The van der Waals surface area contributed by atoms with Crippen LogP contribution in [0.1, 0.15) is 0 Å². The van der Waals surface area contributed by atoms with Crippen LogP contribution in [0.4, 0.5) is 0 Å². The van der Waals surface area contributed by atoms with Gasteiger partial charge in [0.2, 0.25) is 0 Å². The van der Waals surface area contributed by atoms with Gasteiger partial charge < -0.3 is 10.2 Å². The molecule has 0 aromatic heterocycles. The molecule has 0 heterocycles. The second-order valence-corrected chi connectivity index (χ2v) is 1.01. The molecule has 2 N–H and O–H groups in total. The predicted molar refractivity (Wildman–Crippen MR) is 36.9 cm³/mol. The van der Waals surface area contributed by atoms with E-state index in [4.69, 9.17) is 10.2 Å². The van der Waals surface area contributed by atoms with Crippen LogP contribution >= 0.6 is 9.90 Å². The van der Waals surface area contributed by atoms with Crippen LogP contribution in [-0.2, 0) is 9.59 Å². The quantitative estimate of drug-likeness (QED) is 0.412. The average Bonchev–Trinajstić information content (AvgIpc) is 1.61. The molecule has 0 fully saturated rings. The van der Waals surface area contributed by atoms with Crippen LogP contribution in [0.25, 0.3) is 0 Å². The minimum absolute atomic E-state index is 0. The topological polar surface area (TPSA) is 74.6 Å². The summed E-state index contributed by atoms with van der Waals surface area (Å²) in [6.07, 6.45) is 1.12. The highest BCUT2D eigenvalue weighted by atomic mass is 31.0. The fourth-order valence-corrected chi connectivity index (χ4v) is 0.143. The Bertz CT molecular complexity index is 124. The first-order chi connectivity index (χ1) is 3.63. The van der Waals surface area contributed by atoms with Crippen molar-refractivity contribution in [2.24, 2.45) is 0 Å². The van der Waals surface area contributed by atoms with Crippen molar-refractivity contribution in [3.8, 4) is 0 Å². The number of carbonyl (C=O) groups is 2. The zero-order valence-corrected chi connectivity index (χ0v) is 6.87. The van der Waals surface area contributed by atoms with Gasteiger partial charge >= 0.3 is 11.9 Å². The Kier molecular flexibility index (Phi) is 6.41. The molecule has 0 saturated carbocycles. The van der Waals surface area contributed by atoms with Crippen LogP contribution in [0, 0.1) is 0 Å². The van der Waals surface area contributed by atoms with E-state index in [1.807, 2.05) is 0 Å². The van der Waals surface area contributed by atoms with Gasteiger partial charge in [-0.25, -0.2) is 9.59 Å². The highest BCUT2D eigenvalue weighted by Crippen LogP contribution is 1.70. The molecule has 0 rings (SSSR count). The van der Waals surface area contributed by atoms with E-state index >= 15 is 0 Å². The van der Waals surface area contributed by atoms with Crippen LogP contribution in [0.2, 0.25) is 0 Å². The molecule has 1 unspecified atom stereocenters. The number of carboxylic acids is 2. The molecule has 0 aromatic carbocycles. The normalized spacial score (nSPS) is 8.44. The van der Waals surface area contributed by atoms with Gasteiger partial charge in [-0.1, -0.05) is 0 Å². The van der Waals surface area contributed by atoms with Crippen LogP contribution in [-0.4, -0.2) is 22.2 Å². The van der Waals surface area contributed by atoms with Gasteiger partial charge in [0.05, 0.1) is 0 Å². The van der Waals surface area contributed by atoms with Crippen molar-refractivity contribution in [1.82, 2.24) is 0 Å².